The Morgan fingerprint density at radius 2 is 2.05 bits per heavy atom. The van der Waals surface area contributed by atoms with Gasteiger partial charge < -0.3 is 15.5 Å². The van der Waals surface area contributed by atoms with Crippen molar-refractivity contribution in [1.29, 1.82) is 0 Å². The van der Waals surface area contributed by atoms with Crippen molar-refractivity contribution in [3.05, 3.63) is 4.88 Å². The van der Waals surface area contributed by atoms with Gasteiger partial charge in [-0.05, 0) is 25.7 Å². The van der Waals surface area contributed by atoms with Crippen LogP contribution in [0.5, 0.6) is 0 Å². The van der Waals surface area contributed by atoms with E-state index < -0.39 is 0 Å². The summed E-state index contributed by atoms with van der Waals surface area (Å²) in [5, 5.41) is 0.837. The molecule has 0 radical (unpaired) electrons. The van der Waals surface area contributed by atoms with E-state index in [2.05, 4.69) is 23.7 Å². The van der Waals surface area contributed by atoms with Crippen LogP contribution >= 0.6 is 11.3 Å². The minimum absolute atomic E-state index is 0.0668. The summed E-state index contributed by atoms with van der Waals surface area (Å²) in [4.78, 5) is 21.8. The molecule has 0 atom stereocenters. The Balaban J connectivity index is 2.13. The molecule has 0 aliphatic heterocycles. The molecular weight excluding hydrogens is 284 g/mol. The van der Waals surface area contributed by atoms with Crippen molar-refractivity contribution in [1.82, 2.24) is 9.88 Å². The van der Waals surface area contributed by atoms with Gasteiger partial charge >= 0.3 is 0 Å². The van der Waals surface area contributed by atoms with E-state index in [0.29, 0.717) is 16.7 Å². The third-order valence-corrected chi connectivity index (χ3v) is 4.90. The van der Waals surface area contributed by atoms with E-state index in [9.17, 15) is 4.79 Å². The molecule has 0 bridgehead atoms. The smallest absolute Gasteiger partial charge is 0.268 e. The fourth-order valence-corrected chi connectivity index (χ4v) is 3.29. The molecule has 1 aromatic rings. The molecule has 1 aliphatic carbocycles. The summed E-state index contributed by atoms with van der Waals surface area (Å²) in [6, 6.07) is 0.419. The fourth-order valence-electron chi connectivity index (χ4n) is 2.36. The zero-order valence-corrected chi connectivity index (χ0v) is 14.1. The molecular formula is C15H26N4OS. The quantitative estimate of drug-likeness (QED) is 0.802. The van der Waals surface area contributed by atoms with Crippen LogP contribution in [0.25, 0.3) is 0 Å². The molecule has 0 unspecified atom stereocenters. The van der Waals surface area contributed by atoms with Gasteiger partial charge in [-0.15, -0.1) is 0 Å². The maximum Gasteiger partial charge on any atom is 0.268 e. The Morgan fingerprint density at radius 3 is 2.62 bits per heavy atom. The fraction of sp³-hybridized carbons (Fsp3) is 0.733. The monoisotopic (exact) mass is 310 g/mol. The van der Waals surface area contributed by atoms with Crippen LogP contribution in [-0.4, -0.2) is 42.0 Å². The molecule has 1 amide bonds. The lowest BCUT2D eigenvalue weighted by molar-refractivity contribution is 0.0746. The average Bonchev–Trinajstić information content (AvgIpc) is 3.21. The van der Waals surface area contributed by atoms with E-state index in [1.54, 1.807) is 0 Å². The lowest BCUT2D eigenvalue weighted by Gasteiger charge is -2.21. The highest BCUT2D eigenvalue weighted by molar-refractivity contribution is 7.18. The van der Waals surface area contributed by atoms with E-state index >= 15 is 0 Å². The van der Waals surface area contributed by atoms with E-state index in [-0.39, 0.29) is 5.91 Å². The number of carbonyl (C=O) groups is 1. The van der Waals surface area contributed by atoms with Crippen molar-refractivity contribution in [2.24, 2.45) is 0 Å². The molecule has 0 spiro atoms. The first-order chi connectivity index (χ1) is 10.1. The second-order valence-corrected chi connectivity index (χ2v) is 6.69. The van der Waals surface area contributed by atoms with Crippen LogP contribution in [0.3, 0.4) is 0 Å². The molecule has 2 rings (SSSR count). The summed E-state index contributed by atoms with van der Waals surface area (Å²) in [5.41, 5.74) is 5.99. The number of nitrogens with zero attached hydrogens (tertiary/aromatic N) is 3. The Morgan fingerprint density at radius 1 is 1.33 bits per heavy atom. The molecule has 0 saturated heterocycles. The van der Waals surface area contributed by atoms with Crippen molar-refractivity contribution in [2.45, 2.75) is 52.0 Å². The molecule has 1 aromatic heterocycles. The van der Waals surface area contributed by atoms with Gasteiger partial charge in [0.1, 0.15) is 10.7 Å². The number of hydrogen-bond donors (Lipinski definition) is 1. The lowest BCUT2D eigenvalue weighted by atomic mass is 10.3. The third-order valence-electron chi connectivity index (χ3n) is 3.72. The van der Waals surface area contributed by atoms with Crippen LogP contribution < -0.4 is 10.6 Å². The highest BCUT2D eigenvalue weighted by Crippen LogP contribution is 2.33. The molecule has 1 aliphatic rings. The number of hydrogen-bond acceptors (Lipinski definition) is 5. The van der Waals surface area contributed by atoms with Gasteiger partial charge in [-0.25, -0.2) is 4.98 Å². The Kier molecular flexibility index (Phi) is 5.45. The van der Waals surface area contributed by atoms with Crippen molar-refractivity contribution >= 4 is 28.2 Å². The number of aromatic nitrogens is 1. The van der Waals surface area contributed by atoms with E-state index in [4.69, 9.17) is 5.73 Å². The van der Waals surface area contributed by atoms with Gasteiger partial charge in [-0.3, -0.25) is 4.79 Å². The van der Waals surface area contributed by atoms with Crippen molar-refractivity contribution in [2.75, 3.05) is 30.8 Å². The number of amides is 1. The summed E-state index contributed by atoms with van der Waals surface area (Å²) in [6.45, 7) is 6.02. The molecule has 0 aromatic carbocycles. The molecule has 6 heteroatoms. The van der Waals surface area contributed by atoms with Gasteiger partial charge in [0.15, 0.2) is 5.13 Å². The molecule has 118 valence electrons. The highest BCUT2D eigenvalue weighted by Gasteiger charge is 2.34. The Labute approximate surface area is 131 Å². The summed E-state index contributed by atoms with van der Waals surface area (Å²) in [6.07, 6.45) is 5.43. The van der Waals surface area contributed by atoms with Gasteiger partial charge in [0.2, 0.25) is 0 Å². The number of nitrogen functional groups attached to an aromatic ring is 1. The van der Waals surface area contributed by atoms with Gasteiger partial charge in [-0.2, -0.15) is 0 Å². The van der Waals surface area contributed by atoms with Crippen LogP contribution in [0.4, 0.5) is 10.9 Å². The van der Waals surface area contributed by atoms with Crippen molar-refractivity contribution in [3.8, 4) is 0 Å². The van der Waals surface area contributed by atoms with Gasteiger partial charge in [0, 0.05) is 26.2 Å². The maximum absolute atomic E-state index is 12.7. The van der Waals surface area contributed by atoms with E-state index in [0.717, 1.165) is 50.3 Å². The Hall–Kier alpha value is -1.30. The second kappa shape index (κ2) is 7.11. The number of nitrogens with two attached hydrogens (primary N) is 1. The van der Waals surface area contributed by atoms with E-state index in [1.165, 1.54) is 11.3 Å². The number of thiazole rings is 1. The predicted molar refractivity (Wildman–Crippen MR) is 89.1 cm³/mol. The molecule has 21 heavy (non-hydrogen) atoms. The van der Waals surface area contributed by atoms with E-state index in [1.807, 2.05) is 11.9 Å². The first kappa shape index (κ1) is 16.1. The molecule has 5 nitrogen and oxygen atoms in total. The molecule has 1 heterocycles. The van der Waals surface area contributed by atoms with Crippen LogP contribution in [0, 0.1) is 0 Å². The summed E-state index contributed by atoms with van der Waals surface area (Å²) < 4.78 is 0. The van der Waals surface area contributed by atoms with Gasteiger partial charge in [0.25, 0.3) is 5.91 Å². The van der Waals surface area contributed by atoms with Gasteiger partial charge in [-0.1, -0.05) is 31.6 Å². The number of rotatable bonds is 8. The van der Waals surface area contributed by atoms with Gasteiger partial charge in [0.05, 0.1) is 0 Å². The number of unbranched alkanes of at least 4 members (excludes halogenated alkanes) is 1. The van der Waals surface area contributed by atoms with Crippen LogP contribution in [0.1, 0.15) is 55.6 Å². The van der Waals surface area contributed by atoms with Crippen molar-refractivity contribution < 1.29 is 4.79 Å². The van der Waals surface area contributed by atoms with Crippen molar-refractivity contribution in [3.63, 3.8) is 0 Å². The van der Waals surface area contributed by atoms with Crippen LogP contribution in [0.15, 0.2) is 0 Å². The number of carbonyl (C=O) groups excluding carboxylic acids is 1. The SMILES string of the molecule is CCCCN(C(=O)c1sc(N(C)CCC)nc1N)C1CC1. The molecule has 1 fully saturated rings. The summed E-state index contributed by atoms with van der Waals surface area (Å²) in [7, 11) is 1.99. The first-order valence-electron chi connectivity index (χ1n) is 7.86. The average molecular weight is 310 g/mol. The highest BCUT2D eigenvalue weighted by atomic mass is 32.1. The second-order valence-electron chi connectivity index (χ2n) is 5.72. The van der Waals surface area contributed by atoms with Crippen LogP contribution in [-0.2, 0) is 0 Å². The minimum Gasteiger partial charge on any atom is -0.382 e. The standard InChI is InChI=1S/C15H26N4OS/c1-4-6-10-19(11-7-8-11)14(20)12-13(16)17-15(21-12)18(3)9-5-2/h11H,4-10,16H2,1-3H3. The zero-order chi connectivity index (χ0) is 15.4. The van der Waals surface area contributed by atoms with Crippen LogP contribution in [0.2, 0.25) is 0 Å². The summed E-state index contributed by atoms with van der Waals surface area (Å²) in [5.74, 6) is 0.446. The summed E-state index contributed by atoms with van der Waals surface area (Å²) >= 11 is 1.42. The predicted octanol–water partition coefficient (Wildman–Crippen LogP) is 2.98. The Bertz CT molecular complexity index is 484. The molecule has 1 saturated carbocycles. The normalized spacial score (nSPS) is 14.2. The largest absolute Gasteiger partial charge is 0.382 e. The minimum atomic E-state index is 0.0668. The number of anilines is 2. The lowest BCUT2D eigenvalue weighted by Crippen LogP contribution is -2.33. The first-order valence-corrected chi connectivity index (χ1v) is 8.68. The topological polar surface area (TPSA) is 62.5 Å². The zero-order valence-electron chi connectivity index (χ0n) is 13.3. The molecule has 2 N–H and O–H groups in total. The maximum atomic E-state index is 12.7. The third kappa shape index (κ3) is 3.87.